The first-order chi connectivity index (χ1) is 5.64. The molecule has 1 aliphatic heterocycles. The lowest BCUT2D eigenvalue weighted by molar-refractivity contribution is -0.132. The number of hydrogen-bond acceptors (Lipinski definition) is 2. The number of hydrogen-bond donors (Lipinski definition) is 1. The van der Waals surface area contributed by atoms with Gasteiger partial charge in [0, 0.05) is 5.57 Å². The number of ether oxygens (including phenoxy) is 1. The van der Waals surface area contributed by atoms with Gasteiger partial charge in [-0.05, 0) is 32.3 Å². The number of epoxide rings is 1. The zero-order valence-electron chi connectivity index (χ0n) is 7.04. The van der Waals surface area contributed by atoms with E-state index in [9.17, 15) is 4.79 Å². The van der Waals surface area contributed by atoms with Crippen LogP contribution in [-0.4, -0.2) is 22.8 Å². The highest BCUT2D eigenvalue weighted by atomic mass is 16.6. The molecule has 12 heavy (non-hydrogen) atoms. The van der Waals surface area contributed by atoms with Gasteiger partial charge in [-0.2, -0.15) is 0 Å². The van der Waals surface area contributed by atoms with Crippen LogP contribution >= 0.6 is 0 Å². The van der Waals surface area contributed by atoms with Gasteiger partial charge in [-0.25, -0.2) is 4.79 Å². The largest absolute Gasteiger partial charge is 0.478 e. The first kappa shape index (κ1) is 7.80. The van der Waals surface area contributed by atoms with Crippen molar-refractivity contribution in [2.75, 3.05) is 0 Å². The predicted octanol–water partition coefficient (Wildman–Crippen LogP) is 1.34. The highest BCUT2D eigenvalue weighted by Crippen LogP contribution is 2.51. The Bertz CT molecular complexity index is 256. The molecule has 0 bridgehead atoms. The number of carbonyl (C=O) groups is 1. The lowest BCUT2D eigenvalue weighted by Gasteiger charge is -2.01. The molecule has 2 unspecified atom stereocenters. The van der Waals surface area contributed by atoms with Gasteiger partial charge < -0.3 is 9.84 Å². The molecule has 0 aromatic carbocycles. The fraction of sp³-hybridized carbons (Fsp3) is 0.667. The molecule has 1 heterocycles. The van der Waals surface area contributed by atoms with Gasteiger partial charge in [-0.1, -0.05) is 0 Å². The average Bonchev–Trinajstić information content (AvgIpc) is 2.53. The van der Waals surface area contributed by atoms with Crippen LogP contribution in [0.5, 0.6) is 0 Å². The lowest BCUT2D eigenvalue weighted by Crippen LogP contribution is -2.08. The molecule has 0 aromatic rings. The second kappa shape index (κ2) is 2.33. The van der Waals surface area contributed by atoms with Crippen molar-refractivity contribution < 1.29 is 14.6 Å². The van der Waals surface area contributed by atoms with E-state index in [4.69, 9.17) is 9.84 Å². The van der Waals surface area contributed by atoms with Crippen LogP contribution in [0.25, 0.3) is 0 Å². The number of fused-ring (bicyclic) bond motifs is 1. The first-order valence-corrected chi connectivity index (χ1v) is 4.25. The summed E-state index contributed by atoms with van der Waals surface area (Å²) in [6.45, 7) is 1.62. The van der Waals surface area contributed by atoms with Gasteiger partial charge in [0.2, 0.25) is 0 Å². The molecule has 0 spiro atoms. The fourth-order valence-electron chi connectivity index (χ4n) is 1.95. The Kier molecular flexibility index (Phi) is 1.51. The van der Waals surface area contributed by atoms with E-state index in [1.807, 2.05) is 0 Å². The molecular weight excluding hydrogens is 156 g/mol. The third-order valence-corrected chi connectivity index (χ3v) is 2.68. The highest BCUT2D eigenvalue weighted by molar-refractivity contribution is 5.86. The van der Waals surface area contributed by atoms with Gasteiger partial charge >= 0.3 is 5.97 Å². The van der Waals surface area contributed by atoms with Crippen LogP contribution < -0.4 is 0 Å². The minimum atomic E-state index is -0.842. The van der Waals surface area contributed by atoms with Crippen molar-refractivity contribution in [2.24, 2.45) is 0 Å². The van der Waals surface area contributed by atoms with Crippen LogP contribution in [0.1, 0.15) is 26.2 Å². The Hall–Kier alpha value is -0.830. The zero-order chi connectivity index (χ0) is 8.77. The number of aliphatic carboxylic acids is 1. The molecule has 2 fully saturated rings. The summed E-state index contributed by atoms with van der Waals surface area (Å²) >= 11 is 0. The summed E-state index contributed by atoms with van der Waals surface area (Å²) in [6.07, 6.45) is 5.32. The van der Waals surface area contributed by atoms with E-state index in [0.29, 0.717) is 11.7 Å². The first-order valence-electron chi connectivity index (χ1n) is 4.25. The monoisotopic (exact) mass is 168 g/mol. The zero-order valence-corrected chi connectivity index (χ0v) is 7.04. The predicted molar refractivity (Wildman–Crippen MR) is 42.8 cm³/mol. The molecule has 2 rings (SSSR count). The Morgan fingerprint density at radius 2 is 2.50 bits per heavy atom. The smallest absolute Gasteiger partial charge is 0.331 e. The van der Waals surface area contributed by atoms with Crippen molar-refractivity contribution in [3.63, 3.8) is 0 Å². The Morgan fingerprint density at radius 3 is 2.92 bits per heavy atom. The van der Waals surface area contributed by atoms with E-state index >= 15 is 0 Å². The van der Waals surface area contributed by atoms with E-state index in [1.54, 1.807) is 13.0 Å². The topological polar surface area (TPSA) is 49.8 Å². The molecule has 0 aromatic heterocycles. The third kappa shape index (κ3) is 1.05. The van der Waals surface area contributed by atoms with Crippen LogP contribution in [0.4, 0.5) is 0 Å². The van der Waals surface area contributed by atoms with Gasteiger partial charge in [-0.3, -0.25) is 0 Å². The van der Waals surface area contributed by atoms with Crippen LogP contribution in [0.2, 0.25) is 0 Å². The van der Waals surface area contributed by atoms with E-state index in [-0.39, 0.29) is 5.60 Å². The molecule has 1 saturated carbocycles. The summed E-state index contributed by atoms with van der Waals surface area (Å²) in [7, 11) is 0. The van der Waals surface area contributed by atoms with Crippen molar-refractivity contribution >= 4 is 5.97 Å². The fourth-order valence-corrected chi connectivity index (χ4v) is 1.95. The standard InChI is InChI=1S/C9H12O3/c1-6(8(10)11)5-9-4-2-3-7(9)12-9/h5,7H,2-4H2,1H3,(H,10,11). The minimum Gasteiger partial charge on any atom is -0.478 e. The summed E-state index contributed by atoms with van der Waals surface area (Å²) in [6, 6.07) is 0. The second-order valence-electron chi connectivity index (χ2n) is 3.59. The Morgan fingerprint density at radius 1 is 1.75 bits per heavy atom. The van der Waals surface area contributed by atoms with Gasteiger partial charge in [0.1, 0.15) is 5.60 Å². The molecule has 66 valence electrons. The van der Waals surface area contributed by atoms with Gasteiger partial charge in [-0.15, -0.1) is 0 Å². The van der Waals surface area contributed by atoms with Crippen molar-refractivity contribution in [3.05, 3.63) is 11.6 Å². The van der Waals surface area contributed by atoms with Crippen molar-refractivity contribution in [3.8, 4) is 0 Å². The summed E-state index contributed by atoms with van der Waals surface area (Å²) < 4.78 is 5.42. The van der Waals surface area contributed by atoms with E-state index < -0.39 is 5.97 Å². The van der Waals surface area contributed by atoms with E-state index in [0.717, 1.165) is 19.3 Å². The number of rotatable bonds is 2. The van der Waals surface area contributed by atoms with Crippen LogP contribution in [0.15, 0.2) is 11.6 Å². The van der Waals surface area contributed by atoms with Crippen LogP contribution in [0, 0.1) is 0 Å². The molecule has 3 heteroatoms. The minimum absolute atomic E-state index is 0.178. The normalized spacial score (nSPS) is 39.4. The van der Waals surface area contributed by atoms with Crippen LogP contribution in [-0.2, 0) is 9.53 Å². The quantitative estimate of drug-likeness (QED) is 0.500. The molecule has 0 radical (unpaired) electrons. The third-order valence-electron chi connectivity index (χ3n) is 2.68. The lowest BCUT2D eigenvalue weighted by atomic mass is 10.0. The van der Waals surface area contributed by atoms with E-state index in [1.165, 1.54) is 0 Å². The van der Waals surface area contributed by atoms with Gasteiger partial charge in [0.05, 0.1) is 6.10 Å². The SMILES string of the molecule is CC(=CC12CCCC1O2)C(=O)O. The summed E-state index contributed by atoms with van der Waals surface area (Å²) in [5, 5.41) is 8.65. The van der Waals surface area contributed by atoms with E-state index in [2.05, 4.69) is 0 Å². The van der Waals surface area contributed by atoms with Crippen molar-refractivity contribution in [2.45, 2.75) is 37.9 Å². The number of carboxylic acids is 1. The molecule has 1 aliphatic carbocycles. The maximum atomic E-state index is 10.5. The van der Waals surface area contributed by atoms with Gasteiger partial charge in [0.25, 0.3) is 0 Å². The summed E-state index contributed by atoms with van der Waals surface area (Å²) in [5.41, 5.74) is 0.224. The molecule has 2 aliphatic rings. The Balaban J connectivity index is 2.12. The summed E-state index contributed by atoms with van der Waals surface area (Å²) in [4.78, 5) is 10.5. The molecule has 3 nitrogen and oxygen atoms in total. The molecule has 2 atom stereocenters. The highest BCUT2D eigenvalue weighted by Gasteiger charge is 2.57. The Labute approximate surface area is 71.0 Å². The molecule has 1 N–H and O–H groups in total. The average molecular weight is 168 g/mol. The molecule has 0 amide bonds. The summed E-state index contributed by atoms with van der Waals surface area (Å²) in [5.74, 6) is -0.842. The van der Waals surface area contributed by atoms with Crippen molar-refractivity contribution in [1.82, 2.24) is 0 Å². The maximum absolute atomic E-state index is 10.5. The van der Waals surface area contributed by atoms with Crippen LogP contribution in [0.3, 0.4) is 0 Å². The molecule has 1 saturated heterocycles. The van der Waals surface area contributed by atoms with Gasteiger partial charge in [0.15, 0.2) is 0 Å². The second-order valence-corrected chi connectivity index (χ2v) is 3.59. The maximum Gasteiger partial charge on any atom is 0.331 e. The number of carboxylic acid groups (broad SMARTS) is 1. The van der Waals surface area contributed by atoms with Crippen molar-refractivity contribution in [1.29, 1.82) is 0 Å². The molecular formula is C9H12O3.